The predicted molar refractivity (Wildman–Crippen MR) is 82.9 cm³/mol. The van der Waals surface area contributed by atoms with E-state index in [1.54, 1.807) is 0 Å². The summed E-state index contributed by atoms with van der Waals surface area (Å²) >= 11 is 0. The molecule has 1 aromatic rings. The summed E-state index contributed by atoms with van der Waals surface area (Å²) in [7, 11) is -0.835. The Hall–Kier alpha value is -0.670. The second-order valence-electron chi connectivity index (χ2n) is 6.28. The molecular formula is C16H25NOS. The van der Waals surface area contributed by atoms with Gasteiger partial charge >= 0.3 is 0 Å². The highest BCUT2D eigenvalue weighted by Crippen LogP contribution is 2.37. The van der Waals surface area contributed by atoms with Gasteiger partial charge in [-0.15, -0.1) is 0 Å². The van der Waals surface area contributed by atoms with Gasteiger partial charge in [0.1, 0.15) is 0 Å². The number of nitrogens with one attached hydrogen (secondary N) is 1. The van der Waals surface area contributed by atoms with Gasteiger partial charge in [0.25, 0.3) is 0 Å². The van der Waals surface area contributed by atoms with Gasteiger partial charge in [0.15, 0.2) is 0 Å². The fourth-order valence-corrected chi connectivity index (χ4v) is 4.48. The molecule has 0 aliphatic heterocycles. The molecule has 3 atom stereocenters. The summed E-state index contributed by atoms with van der Waals surface area (Å²) in [6.07, 6.45) is 2.04. The number of hydrogen-bond donors (Lipinski definition) is 1. The van der Waals surface area contributed by atoms with Gasteiger partial charge in [0.2, 0.25) is 0 Å². The zero-order chi connectivity index (χ0) is 14.0. The van der Waals surface area contributed by atoms with E-state index in [2.05, 4.69) is 57.3 Å². The first-order valence-corrected chi connectivity index (χ1v) is 8.38. The molecule has 0 saturated heterocycles. The third-order valence-electron chi connectivity index (χ3n) is 3.68. The molecule has 1 aliphatic carbocycles. The highest BCUT2D eigenvalue weighted by Gasteiger charge is 2.39. The van der Waals surface area contributed by atoms with Gasteiger partial charge in [-0.05, 0) is 51.3 Å². The summed E-state index contributed by atoms with van der Waals surface area (Å²) in [6, 6.07) is 8.77. The molecule has 1 aromatic carbocycles. The van der Waals surface area contributed by atoms with E-state index in [0.29, 0.717) is 0 Å². The lowest BCUT2D eigenvalue weighted by Gasteiger charge is -2.28. The fraction of sp³-hybridized carbons (Fsp3) is 0.625. The van der Waals surface area contributed by atoms with Crippen LogP contribution < -0.4 is 5.32 Å². The monoisotopic (exact) mass is 279 g/mol. The highest BCUT2D eigenvalue weighted by atomic mass is 32.2. The molecule has 0 aromatic heterocycles. The Balaban J connectivity index is 2.28. The normalized spacial score (nSPS) is 24.2. The Morgan fingerprint density at radius 2 is 2.00 bits per heavy atom. The van der Waals surface area contributed by atoms with Crippen LogP contribution in [0.25, 0.3) is 0 Å². The van der Waals surface area contributed by atoms with Crippen LogP contribution in [0.5, 0.6) is 0 Å². The van der Waals surface area contributed by atoms with Gasteiger partial charge < -0.3 is 5.32 Å². The number of hydrogen-bond acceptors (Lipinski definition) is 2. The average Bonchev–Trinajstić information content (AvgIpc) is 2.72. The van der Waals surface area contributed by atoms with Gasteiger partial charge in [-0.25, -0.2) is 0 Å². The first-order valence-electron chi connectivity index (χ1n) is 7.17. The summed E-state index contributed by atoms with van der Waals surface area (Å²) in [5.41, 5.74) is 2.71. The van der Waals surface area contributed by atoms with Crippen molar-refractivity contribution in [2.75, 3.05) is 6.54 Å². The smallest absolute Gasteiger partial charge is 0.0588 e. The van der Waals surface area contributed by atoms with E-state index in [0.717, 1.165) is 19.4 Å². The van der Waals surface area contributed by atoms with Crippen LogP contribution in [0, 0.1) is 0 Å². The van der Waals surface area contributed by atoms with Crippen LogP contribution in [0.15, 0.2) is 24.3 Å². The van der Waals surface area contributed by atoms with Crippen LogP contribution >= 0.6 is 0 Å². The molecule has 2 rings (SSSR count). The molecule has 0 saturated carbocycles. The number of benzene rings is 1. The van der Waals surface area contributed by atoms with Crippen molar-refractivity contribution in [3.05, 3.63) is 35.4 Å². The van der Waals surface area contributed by atoms with E-state index in [9.17, 15) is 4.21 Å². The predicted octanol–water partition coefficient (Wildman–Crippen LogP) is 3.20. The minimum atomic E-state index is -0.835. The lowest BCUT2D eigenvalue weighted by atomic mass is 10.1. The van der Waals surface area contributed by atoms with Crippen LogP contribution in [-0.4, -0.2) is 20.8 Å². The lowest BCUT2D eigenvalue weighted by Crippen LogP contribution is -2.39. The Morgan fingerprint density at radius 1 is 1.32 bits per heavy atom. The maximum atomic E-state index is 12.8. The van der Waals surface area contributed by atoms with Gasteiger partial charge in [0, 0.05) is 21.6 Å². The third kappa shape index (κ3) is 3.09. The van der Waals surface area contributed by atoms with Crippen molar-refractivity contribution < 1.29 is 4.21 Å². The third-order valence-corrected chi connectivity index (χ3v) is 5.87. The van der Waals surface area contributed by atoms with E-state index in [-0.39, 0.29) is 16.0 Å². The van der Waals surface area contributed by atoms with Crippen molar-refractivity contribution >= 4 is 10.8 Å². The molecule has 0 spiro atoms. The molecule has 0 bridgehead atoms. The van der Waals surface area contributed by atoms with Gasteiger partial charge in [-0.2, -0.15) is 0 Å². The maximum absolute atomic E-state index is 12.8. The number of fused-ring (bicyclic) bond motifs is 1. The van der Waals surface area contributed by atoms with Crippen LogP contribution in [0.3, 0.4) is 0 Å². The van der Waals surface area contributed by atoms with Crippen molar-refractivity contribution in [1.82, 2.24) is 5.32 Å². The van der Waals surface area contributed by atoms with Crippen molar-refractivity contribution in [2.45, 2.75) is 56.6 Å². The van der Waals surface area contributed by atoms with E-state index in [1.807, 2.05) is 0 Å². The van der Waals surface area contributed by atoms with Gasteiger partial charge in [-0.1, -0.05) is 31.2 Å². The summed E-state index contributed by atoms with van der Waals surface area (Å²) in [5.74, 6) is 0. The summed E-state index contributed by atoms with van der Waals surface area (Å²) in [5, 5.41) is 3.80. The van der Waals surface area contributed by atoms with Crippen molar-refractivity contribution in [3.63, 3.8) is 0 Å². The molecule has 1 N–H and O–H groups in total. The molecule has 3 unspecified atom stereocenters. The van der Waals surface area contributed by atoms with Crippen LogP contribution in [0.1, 0.15) is 51.3 Å². The van der Waals surface area contributed by atoms with Gasteiger partial charge in [-0.3, -0.25) is 4.21 Å². The number of rotatable bonds is 4. The molecule has 0 radical (unpaired) electrons. The summed E-state index contributed by atoms with van der Waals surface area (Å²) in [4.78, 5) is 0. The molecule has 0 fully saturated rings. The Kier molecular flexibility index (Phi) is 4.46. The lowest BCUT2D eigenvalue weighted by molar-refractivity contribution is 0.520. The Morgan fingerprint density at radius 3 is 2.63 bits per heavy atom. The largest absolute Gasteiger partial charge is 0.309 e. The summed E-state index contributed by atoms with van der Waals surface area (Å²) in [6.45, 7) is 9.37. The topological polar surface area (TPSA) is 29.1 Å². The second kappa shape index (κ2) is 5.76. The Bertz CT molecular complexity index is 464. The molecule has 19 heavy (non-hydrogen) atoms. The van der Waals surface area contributed by atoms with E-state index >= 15 is 0 Å². The van der Waals surface area contributed by atoms with Crippen LogP contribution in [0.2, 0.25) is 0 Å². The molecular weight excluding hydrogens is 254 g/mol. The van der Waals surface area contributed by atoms with Crippen molar-refractivity contribution in [1.29, 1.82) is 0 Å². The molecule has 0 amide bonds. The first-order chi connectivity index (χ1) is 8.95. The molecule has 1 aliphatic rings. The fourth-order valence-electron chi connectivity index (χ4n) is 2.75. The van der Waals surface area contributed by atoms with E-state index < -0.39 is 10.8 Å². The molecule has 2 nitrogen and oxygen atoms in total. The SMILES string of the molecule is CCCNC1c2ccccc2CC1S(=O)C(C)(C)C. The minimum absolute atomic E-state index is 0.154. The van der Waals surface area contributed by atoms with Crippen LogP contribution in [0.4, 0.5) is 0 Å². The van der Waals surface area contributed by atoms with Crippen molar-refractivity contribution in [2.24, 2.45) is 0 Å². The van der Waals surface area contributed by atoms with E-state index in [4.69, 9.17) is 0 Å². The Labute approximate surface area is 119 Å². The van der Waals surface area contributed by atoms with E-state index in [1.165, 1.54) is 11.1 Å². The first kappa shape index (κ1) is 14.7. The second-order valence-corrected chi connectivity index (χ2v) is 8.71. The van der Waals surface area contributed by atoms with Crippen LogP contribution in [-0.2, 0) is 17.2 Å². The zero-order valence-electron chi connectivity index (χ0n) is 12.4. The highest BCUT2D eigenvalue weighted by molar-refractivity contribution is 7.87. The zero-order valence-corrected chi connectivity index (χ0v) is 13.2. The van der Waals surface area contributed by atoms with Crippen molar-refractivity contribution in [3.8, 4) is 0 Å². The average molecular weight is 279 g/mol. The van der Waals surface area contributed by atoms with Gasteiger partial charge in [0.05, 0.1) is 5.25 Å². The quantitative estimate of drug-likeness (QED) is 0.917. The molecule has 0 heterocycles. The maximum Gasteiger partial charge on any atom is 0.0588 e. The minimum Gasteiger partial charge on any atom is -0.309 e. The molecule has 3 heteroatoms. The standard InChI is InChI=1S/C16H25NOS/c1-5-10-17-15-13-9-7-6-8-12(13)11-14(15)19(18)16(2,3)4/h6-9,14-15,17H,5,10-11H2,1-4H3. The summed E-state index contributed by atoms with van der Waals surface area (Å²) < 4.78 is 12.6. The molecule has 106 valence electrons.